The van der Waals surface area contributed by atoms with Gasteiger partial charge in [-0.3, -0.25) is 4.79 Å². The Hall–Kier alpha value is -1.91. The van der Waals surface area contributed by atoms with Crippen LogP contribution in [0, 0.1) is 0 Å². The number of carbonyl (C=O) groups excluding carboxylic acids is 1. The first-order valence-corrected chi connectivity index (χ1v) is 4.19. The van der Waals surface area contributed by atoms with Gasteiger partial charge in [-0.05, 0) is 0 Å². The van der Waals surface area contributed by atoms with E-state index in [0.29, 0.717) is 11.2 Å². The zero-order valence-electron chi connectivity index (χ0n) is 7.98. The van der Waals surface area contributed by atoms with E-state index in [1.165, 1.54) is 11.2 Å². The number of rotatable bonds is 1. The molecule has 72 valence electrons. The van der Waals surface area contributed by atoms with Gasteiger partial charge in [0, 0.05) is 31.9 Å². The van der Waals surface area contributed by atoms with Gasteiger partial charge >= 0.3 is 0 Å². The summed E-state index contributed by atoms with van der Waals surface area (Å²) < 4.78 is 0. The molecule has 0 unspecified atom stereocenters. The first-order chi connectivity index (χ1) is 6.70. The fraction of sp³-hybridized carbons (Fsp3) is 0.222. The maximum atomic E-state index is 11.7. The van der Waals surface area contributed by atoms with Crippen molar-refractivity contribution in [3.05, 3.63) is 24.3 Å². The lowest BCUT2D eigenvalue weighted by Crippen LogP contribution is -2.21. The Kier molecular flexibility index (Phi) is 1.92. The number of hydrogen-bond acceptors (Lipinski definition) is 3. The minimum absolute atomic E-state index is 0.0500. The van der Waals surface area contributed by atoms with E-state index in [2.05, 4.69) is 15.0 Å². The van der Waals surface area contributed by atoms with E-state index in [-0.39, 0.29) is 5.91 Å². The van der Waals surface area contributed by atoms with Crippen LogP contribution in [-0.2, 0) is 0 Å². The summed E-state index contributed by atoms with van der Waals surface area (Å²) in [4.78, 5) is 24.0. The summed E-state index contributed by atoms with van der Waals surface area (Å²) in [5.74, 6) is -0.0500. The minimum Gasteiger partial charge on any atom is -0.345 e. The van der Waals surface area contributed by atoms with Gasteiger partial charge in [-0.15, -0.1) is 0 Å². The van der Waals surface area contributed by atoms with Gasteiger partial charge in [-0.25, -0.2) is 9.97 Å². The van der Waals surface area contributed by atoms with E-state index in [4.69, 9.17) is 0 Å². The number of nitrogens with zero attached hydrogens (tertiary/aromatic N) is 3. The number of aromatic amines is 1. The summed E-state index contributed by atoms with van der Waals surface area (Å²) in [5, 5.41) is 0.756. The van der Waals surface area contributed by atoms with Crippen molar-refractivity contribution in [1.82, 2.24) is 19.9 Å². The quantitative estimate of drug-likeness (QED) is 0.718. The molecule has 2 heterocycles. The van der Waals surface area contributed by atoms with Crippen molar-refractivity contribution < 1.29 is 4.79 Å². The third-order valence-electron chi connectivity index (χ3n) is 1.99. The topological polar surface area (TPSA) is 61.9 Å². The Morgan fingerprint density at radius 2 is 2.29 bits per heavy atom. The highest BCUT2D eigenvalue weighted by molar-refractivity contribution is 6.05. The molecule has 0 saturated carbocycles. The standard InChI is InChI=1S/C9H10N4O/c1-13(2)9(14)7-4-11-8-6(7)3-10-5-12-8/h3-5H,1-2H3,(H,10,11,12). The molecule has 0 aliphatic rings. The molecule has 2 aromatic heterocycles. The second kappa shape index (κ2) is 3.10. The number of carbonyl (C=O) groups is 1. The van der Waals surface area contributed by atoms with Crippen molar-refractivity contribution in [2.24, 2.45) is 0 Å². The van der Waals surface area contributed by atoms with Gasteiger partial charge < -0.3 is 9.88 Å². The molecule has 2 rings (SSSR count). The predicted molar refractivity (Wildman–Crippen MR) is 51.9 cm³/mol. The summed E-state index contributed by atoms with van der Waals surface area (Å²) >= 11 is 0. The van der Waals surface area contributed by atoms with Crippen LogP contribution in [0.1, 0.15) is 10.4 Å². The van der Waals surface area contributed by atoms with Gasteiger partial charge in [0.05, 0.1) is 5.56 Å². The zero-order chi connectivity index (χ0) is 10.1. The van der Waals surface area contributed by atoms with Gasteiger partial charge in [0.2, 0.25) is 0 Å². The fourth-order valence-corrected chi connectivity index (χ4v) is 1.28. The van der Waals surface area contributed by atoms with Gasteiger partial charge in [0.25, 0.3) is 5.91 Å². The Morgan fingerprint density at radius 1 is 1.50 bits per heavy atom. The van der Waals surface area contributed by atoms with Crippen LogP contribution in [-0.4, -0.2) is 39.9 Å². The fourth-order valence-electron chi connectivity index (χ4n) is 1.28. The molecular weight excluding hydrogens is 180 g/mol. The van der Waals surface area contributed by atoms with E-state index in [0.717, 1.165) is 5.39 Å². The summed E-state index contributed by atoms with van der Waals surface area (Å²) in [6, 6.07) is 0. The van der Waals surface area contributed by atoms with E-state index < -0.39 is 0 Å². The van der Waals surface area contributed by atoms with Crippen LogP contribution >= 0.6 is 0 Å². The normalized spacial score (nSPS) is 10.4. The maximum Gasteiger partial charge on any atom is 0.255 e. The van der Waals surface area contributed by atoms with Crippen molar-refractivity contribution in [2.45, 2.75) is 0 Å². The van der Waals surface area contributed by atoms with E-state index >= 15 is 0 Å². The average Bonchev–Trinajstić information content (AvgIpc) is 2.60. The molecule has 0 saturated heterocycles. The molecular formula is C9H10N4O. The highest BCUT2D eigenvalue weighted by Crippen LogP contribution is 2.15. The monoisotopic (exact) mass is 190 g/mol. The van der Waals surface area contributed by atoms with Crippen LogP contribution in [0.3, 0.4) is 0 Å². The highest BCUT2D eigenvalue weighted by atomic mass is 16.2. The van der Waals surface area contributed by atoms with E-state index in [9.17, 15) is 4.79 Å². The summed E-state index contributed by atoms with van der Waals surface area (Å²) in [5.41, 5.74) is 1.29. The third-order valence-corrected chi connectivity index (χ3v) is 1.99. The van der Waals surface area contributed by atoms with Crippen molar-refractivity contribution in [2.75, 3.05) is 14.1 Å². The molecule has 14 heavy (non-hydrogen) atoms. The Balaban J connectivity index is 2.58. The summed E-state index contributed by atoms with van der Waals surface area (Å²) in [6.07, 6.45) is 4.74. The number of nitrogens with one attached hydrogen (secondary N) is 1. The van der Waals surface area contributed by atoms with Crippen LogP contribution in [0.25, 0.3) is 11.0 Å². The Bertz CT molecular complexity index is 474. The minimum atomic E-state index is -0.0500. The van der Waals surface area contributed by atoms with E-state index in [1.807, 2.05) is 0 Å². The smallest absolute Gasteiger partial charge is 0.255 e. The number of amides is 1. The number of aromatic nitrogens is 3. The summed E-state index contributed by atoms with van der Waals surface area (Å²) in [7, 11) is 3.43. The predicted octanol–water partition coefficient (Wildman–Crippen LogP) is 0.660. The largest absolute Gasteiger partial charge is 0.345 e. The van der Waals surface area contributed by atoms with Crippen molar-refractivity contribution in [3.8, 4) is 0 Å². The van der Waals surface area contributed by atoms with Crippen LogP contribution in [0.2, 0.25) is 0 Å². The van der Waals surface area contributed by atoms with Gasteiger partial charge in [-0.2, -0.15) is 0 Å². The molecule has 1 amide bonds. The molecule has 0 aliphatic carbocycles. The first kappa shape index (κ1) is 8.68. The van der Waals surface area contributed by atoms with Crippen molar-refractivity contribution >= 4 is 16.9 Å². The van der Waals surface area contributed by atoms with Crippen LogP contribution < -0.4 is 0 Å². The molecule has 0 fully saturated rings. The molecule has 0 bridgehead atoms. The summed E-state index contributed by atoms with van der Waals surface area (Å²) in [6.45, 7) is 0. The average molecular weight is 190 g/mol. The lowest BCUT2D eigenvalue weighted by Gasteiger charge is -2.08. The Labute approximate surface area is 80.8 Å². The molecule has 5 heteroatoms. The number of fused-ring (bicyclic) bond motifs is 1. The molecule has 0 aliphatic heterocycles. The third kappa shape index (κ3) is 1.22. The highest BCUT2D eigenvalue weighted by Gasteiger charge is 2.13. The second-order valence-corrected chi connectivity index (χ2v) is 3.19. The first-order valence-electron chi connectivity index (χ1n) is 4.19. The van der Waals surface area contributed by atoms with Crippen molar-refractivity contribution in [3.63, 3.8) is 0 Å². The van der Waals surface area contributed by atoms with Crippen LogP contribution in [0.15, 0.2) is 18.7 Å². The molecule has 0 atom stereocenters. The van der Waals surface area contributed by atoms with Gasteiger partial charge in [-0.1, -0.05) is 0 Å². The SMILES string of the molecule is CN(C)C(=O)c1c[nH]c2ncncc12. The van der Waals surface area contributed by atoms with Crippen LogP contribution in [0.4, 0.5) is 0 Å². The maximum absolute atomic E-state index is 11.7. The molecule has 5 nitrogen and oxygen atoms in total. The molecule has 1 N–H and O–H groups in total. The van der Waals surface area contributed by atoms with Crippen LogP contribution in [0.5, 0.6) is 0 Å². The molecule has 0 aromatic carbocycles. The number of H-pyrrole nitrogens is 1. The number of hydrogen-bond donors (Lipinski definition) is 1. The zero-order valence-corrected chi connectivity index (χ0v) is 7.98. The molecule has 0 spiro atoms. The van der Waals surface area contributed by atoms with Gasteiger partial charge in [0.15, 0.2) is 0 Å². The molecule has 0 radical (unpaired) electrons. The molecule has 2 aromatic rings. The Morgan fingerprint density at radius 3 is 3.00 bits per heavy atom. The van der Waals surface area contributed by atoms with Gasteiger partial charge in [0.1, 0.15) is 12.0 Å². The second-order valence-electron chi connectivity index (χ2n) is 3.19. The lowest BCUT2D eigenvalue weighted by molar-refractivity contribution is 0.0829. The van der Waals surface area contributed by atoms with E-state index in [1.54, 1.807) is 26.5 Å². The van der Waals surface area contributed by atoms with Crippen molar-refractivity contribution in [1.29, 1.82) is 0 Å². The lowest BCUT2D eigenvalue weighted by atomic mass is 10.2.